The molecule has 1 saturated carbocycles. The first-order valence-electron chi connectivity index (χ1n) is 11.6. The number of rotatable bonds is 7. The lowest BCUT2D eigenvalue weighted by Crippen LogP contribution is -2.25. The molecule has 1 aliphatic carbocycles. The van der Waals surface area contributed by atoms with Crippen LogP contribution < -0.4 is 9.47 Å². The van der Waals surface area contributed by atoms with E-state index in [1.54, 1.807) is 31.8 Å². The number of hydrogen-bond acceptors (Lipinski definition) is 8. The molecule has 0 bridgehead atoms. The maximum absolute atomic E-state index is 10.9. The number of fused-ring (bicyclic) bond motifs is 1. The van der Waals surface area contributed by atoms with Gasteiger partial charge in [-0.3, -0.25) is 9.78 Å². The van der Waals surface area contributed by atoms with Crippen molar-refractivity contribution in [2.24, 2.45) is 5.92 Å². The molecule has 0 aromatic carbocycles. The second-order valence-corrected chi connectivity index (χ2v) is 8.81. The minimum absolute atomic E-state index is 0.0174. The third-order valence-corrected chi connectivity index (χ3v) is 6.35. The number of hydrogen-bond donors (Lipinski definition) is 2. The summed E-state index contributed by atoms with van der Waals surface area (Å²) < 4.78 is 11.1. The number of carbonyl (C=O) groups is 1. The molecule has 4 heterocycles. The molecular formula is C25H26N6O4. The summed E-state index contributed by atoms with van der Waals surface area (Å²) in [5.74, 6) is 0.696. The van der Waals surface area contributed by atoms with Crippen LogP contribution in [0.4, 0.5) is 0 Å². The van der Waals surface area contributed by atoms with Crippen molar-refractivity contribution in [1.82, 2.24) is 29.9 Å². The van der Waals surface area contributed by atoms with Gasteiger partial charge in [-0.15, -0.1) is 0 Å². The van der Waals surface area contributed by atoms with Crippen LogP contribution in [0.3, 0.4) is 0 Å². The number of aliphatic carboxylic acids is 1. The molecule has 5 rings (SSSR count). The van der Waals surface area contributed by atoms with Gasteiger partial charge in [-0.25, -0.2) is 15.0 Å². The molecule has 180 valence electrons. The Bertz CT molecular complexity index is 1350. The van der Waals surface area contributed by atoms with Gasteiger partial charge in [0.05, 0.1) is 18.3 Å². The van der Waals surface area contributed by atoms with Crippen LogP contribution in [-0.4, -0.2) is 54.2 Å². The Balaban J connectivity index is 1.26. The lowest BCUT2D eigenvalue weighted by atomic mass is 9.85. The van der Waals surface area contributed by atoms with Gasteiger partial charge in [0.1, 0.15) is 11.9 Å². The Morgan fingerprint density at radius 1 is 1.09 bits per heavy atom. The summed E-state index contributed by atoms with van der Waals surface area (Å²) in [5.41, 5.74) is 4.83. The van der Waals surface area contributed by atoms with Gasteiger partial charge in [-0.2, -0.15) is 4.98 Å². The first-order chi connectivity index (χ1) is 17.0. The minimum Gasteiger partial charge on any atom is -0.481 e. The number of imidazole rings is 1. The van der Waals surface area contributed by atoms with E-state index in [4.69, 9.17) is 14.6 Å². The number of methoxy groups -OCH3 is 1. The number of H-pyrrole nitrogens is 1. The number of aromatic amines is 1. The molecule has 0 aliphatic heterocycles. The minimum atomic E-state index is -0.736. The maximum Gasteiger partial charge on any atom is 0.316 e. The van der Waals surface area contributed by atoms with Crippen LogP contribution in [0.2, 0.25) is 0 Å². The normalized spacial score (nSPS) is 17.9. The average Bonchev–Trinajstić information content (AvgIpc) is 3.28. The third-order valence-electron chi connectivity index (χ3n) is 6.35. The molecule has 1 aliphatic rings. The van der Waals surface area contributed by atoms with Crippen LogP contribution in [-0.2, 0) is 4.79 Å². The van der Waals surface area contributed by atoms with Gasteiger partial charge >= 0.3 is 12.0 Å². The molecule has 10 heteroatoms. The van der Waals surface area contributed by atoms with E-state index in [1.807, 2.05) is 19.1 Å². The smallest absolute Gasteiger partial charge is 0.316 e. The molecular weight excluding hydrogens is 448 g/mol. The van der Waals surface area contributed by atoms with E-state index in [0.29, 0.717) is 23.4 Å². The summed E-state index contributed by atoms with van der Waals surface area (Å²) in [5, 5.41) is 8.96. The Labute approximate surface area is 201 Å². The van der Waals surface area contributed by atoms with Gasteiger partial charge in [-0.05, 0) is 56.2 Å². The van der Waals surface area contributed by atoms with E-state index < -0.39 is 5.97 Å². The van der Waals surface area contributed by atoms with E-state index in [1.165, 1.54) is 0 Å². The molecule has 0 unspecified atom stereocenters. The summed E-state index contributed by atoms with van der Waals surface area (Å²) in [7, 11) is 1.58. The van der Waals surface area contributed by atoms with Gasteiger partial charge < -0.3 is 19.6 Å². The molecule has 1 fully saturated rings. The molecule has 0 amide bonds. The SMILES string of the molecule is COc1ccc2[nH]c(-c3cnc(-c4cnc(OC5CCC(CC(=O)O)CC5)nc4)cc3C)nc2n1. The molecule has 4 aromatic rings. The average molecular weight is 475 g/mol. The van der Waals surface area contributed by atoms with Gasteiger partial charge in [-0.1, -0.05) is 0 Å². The number of aromatic nitrogens is 6. The Morgan fingerprint density at radius 2 is 1.86 bits per heavy atom. The van der Waals surface area contributed by atoms with Gasteiger partial charge in [0.15, 0.2) is 5.65 Å². The van der Waals surface area contributed by atoms with E-state index in [-0.39, 0.29) is 18.4 Å². The molecule has 35 heavy (non-hydrogen) atoms. The van der Waals surface area contributed by atoms with Gasteiger partial charge in [0.2, 0.25) is 5.88 Å². The molecule has 4 aromatic heterocycles. The second kappa shape index (κ2) is 9.65. The number of nitrogens with zero attached hydrogens (tertiary/aromatic N) is 5. The highest BCUT2D eigenvalue weighted by Gasteiger charge is 2.24. The van der Waals surface area contributed by atoms with E-state index in [2.05, 4.69) is 29.9 Å². The number of aryl methyl sites for hydroxylation is 1. The summed E-state index contributed by atoms with van der Waals surface area (Å²) in [6, 6.07) is 5.97. The monoisotopic (exact) mass is 474 g/mol. The first kappa shape index (κ1) is 22.7. The largest absolute Gasteiger partial charge is 0.481 e. The van der Waals surface area contributed by atoms with Crippen LogP contribution >= 0.6 is 0 Å². The highest BCUT2D eigenvalue weighted by atomic mass is 16.5. The van der Waals surface area contributed by atoms with Crippen LogP contribution in [0.5, 0.6) is 11.9 Å². The summed E-state index contributed by atoms with van der Waals surface area (Å²) in [6.07, 6.45) is 8.76. The molecule has 10 nitrogen and oxygen atoms in total. The Kier molecular flexibility index (Phi) is 6.26. The maximum atomic E-state index is 10.9. The van der Waals surface area contributed by atoms with Crippen molar-refractivity contribution in [3.63, 3.8) is 0 Å². The van der Waals surface area contributed by atoms with Crippen molar-refractivity contribution >= 4 is 17.1 Å². The number of nitrogens with one attached hydrogen (secondary N) is 1. The van der Waals surface area contributed by atoms with Crippen molar-refractivity contribution < 1.29 is 19.4 Å². The lowest BCUT2D eigenvalue weighted by Gasteiger charge is -2.27. The standard InChI is InChI=1S/C25H26N6O4/c1-14-9-20(26-13-18(14)23-29-19-7-8-21(34-2)30-24(19)31-23)16-11-27-25(28-12-16)35-17-5-3-15(4-6-17)10-22(32)33/h7-9,11-13,15,17H,3-6,10H2,1-2H3,(H,32,33)(H,29,30,31). The molecule has 0 atom stereocenters. The highest BCUT2D eigenvalue weighted by Crippen LogP contribution is 2.30. The molecule has 2 N–H and O–H groups in total. The number of carboxylic acid groups (broad SMARTS) is 1. The quantitative estimate of drug-likeness (QED) is 0.404. The van der Waals surface area contributed by atoms with E-state index >= 15 is 0 Å². The summed E-state index contributed by atoms with van der Waals surface area (Å²) in [6.45, 7) is 2.00. The fourth-order valence-electron chi connectivity index (χ4n) is 4.44. The summed E-state index contributed by atoms with van der Waals surface area (Å²) in [4.78, 5) is 36.4. The number of pyridine rings is 2. The van der Waals surface area contributed by atoms with Crippen LogP contribution in [0.25, 0.3) is 33.8 Å². The Morgan fingerprint density at radius 3 is 2.54 bits per heavy atom. The lowest BCUT2D eigenvalue weighted by molar-refractivity contribution is -0.138. The molecule has 0 saturated heterocycles. The van der Waals surface area contributed by atoms with Crippen molar-refractivity contribution in [1.29, 1.82) is 0 Å². The topological polar surface area (TPSA) is 136 Å². The number of ether oxygens (including phenoxy) is 2. The van der Waals surface area contributed by atoms with Crippen molar-refractivity contribution in [2.75, 3.05) is 7.11 Å². The van der Waals surface area contributed by atoms with Crippen molar-refractivity contribution in [2.45, 2.75) is 45.1 Å². The van der Waals surface area contributed by atoms with Crippen LogP contribution in [0.1, 0.15) is 37.7 Å². The van der Waals surface area contributed by atoms with Gasteiger partial charge in [0, 0.05) is 42.2 Å². The zero-order chi connectivity index (χ0) is 24.4. The van der Waals surface area contributed by atoms with Gasteiger partial charge in [0.25, 0.3) is 0 Å². The zero-order valence-corrected chi connectivity index (χ0v) is 19.6. The van der Waals surface area contributed by atoms with E-state index in [0.717, 1.165) is 53.6 Å². The highest BCUT2D eigenvalue weighted by molar-refractivity contribution is 5.77. The van der Waals surface area contributed by atoms with Crippen molar-refractivity contribution in [3.8, 4) is 34.5 Å². The zero-order valence-electron chi connectivity index (χ0n) is 19.6. The van der Waals surface area contributed by atoms with Crippen LogP contribution in [0, 0.1) is 12.8 Å². The predicted octanol–water partition coefficient (Wildman–Crippen LogP) is 4.21. The van der Waals surface area contributed by atoms with Crippen LogP contribution in [0.15, 0.2) is 36.8 Å². The Hall–Kier alpha value is -4.08. The summed E-state index contributed by atoms with van der Waals surface area (Å²) >= 11 is 0. The number of carboxylic acids is 1. The first-order valence-corrected chi connectivity index (χ1v) is 11.6. The second-order valence-electron chi connectivity index (χ2n) is 8.81. The molecule has 0 radical (unpaired) electrons. The predicted molar refractivity (Wildman–Crippen MR) is 128 cm³/mol. The third kappa shape index (κ3) is 5.06. The van der Waals surface area contributed by atoms with Crippen molar-refractivity contribution in [3.05, 3.63) is 42.4 Å². The molecule has 0 spiro atoms. The van der Waals surface area contributed by atoms with E-state index in [9.17, 15) is 4.79 Å². The fraction of sp³-hybridized carbons (Fsp3) is 0.360. The fourth-order valence-corrected chi connectivity index (χ4v) is 4.44.